The van der Waals surface area contributed by atoms with Gasteiger partial charge in [0.2, 0.25) is 0 Å². The summed E-state index contributed by atoms with van der Waals surface area (Å²) in [4.78, 5) is 0.127. The van der Waals surface area contributed by atoms with Crippen molar-refractivity contribution in [2.75, 3.05) is 7.05 Å². The summed E-state index contributed by atoms with van der Waals surface area (Å²) in [7, 11) is -2.26. The molecule has 0 unspecified atom stereocenters. The molecule has 0 atom stereocenters. The van der Waals surface area contributed by atoms with Crippen LogP contribution in [0.3, 0.4) is 0 Å². The van der Waals surface area contributed by atoms with Crippen LogP contribution in [0.25, 0.3) is 0 Å². The minimum absolute atomic E-state index is 0.127. The fourth-order valence-corrected chi connectivity index (χ4v) is 1.90. The van der Waals surface area contributed by atoms with Crippen LogP contribution in [0.4, 0.5) is 0 Å². The zero-order valence-corrected chi connectivity index (χ0v) is 9.01. The summed E-state index contributed by atoms with van der Waals surface area (Å²) < 4.78 is 24.0. The van der Waals surface area contributed by atoms with Gasteiger partial charge in [-0.15, -0.1) is 0 Å². The van der Waals surface area contributed by atoms with E-state index in [1.807, 2.05) is 6.04 Å². The van der Waals surface area contributed by atoms with Gasteiger partial charge < -0.3 is 0 Å². The molecular formula is C9H8ClNO2S. The van der Waals surface area contributed by atoms with E-state index >= 15 is 0 Å². The molecule has 5 heteroatoms. The van der Waals surface area contributed by atoms with Gasteiger partial charge in [0.1, 0.15) is 0 Å². The molecule has 0 heterocycles. The van der Waals surface area contributed by atoms with Crippen molar-refractivity contribution in [1.82, 2.24) is 4.31 Å². The maximum atomic E-state index is 11.6. The summed E-state index contributed by atoms with van der Waals surface area (Å²) in [5, 5.41) is 0.479. The van der Waals surface area contributed by atoms with Crippen LogP contribution in [-0.4, -0.2) is 19.8 Å². The summed E-state index contributed by atoms with van der Waals surface area (Å²) in [6, 6.07) is 7.84. The number of hydrogen-bond acceptors (Lipinski definition) is 2. The van der Waals surface area contributed by atoms with E-state index in [9.17, 15) is 8.42 Å². The molecule has 3 nitrogen and oxygen atoms in total. The number of terminal acetylenes is 1. The lowest BCUT2D eigenvalue weighted by Gasteiger charge is -2.11. The Morgan fingerprint density at radius 2 is 1.86 bits per heavy atom. The molecule has 0 amide bonds. The van der Waals surface area contributed by atoms with E-state index in [4.69, 9.17) is 18.0 Å². The molecule has 0 aliphatic heterocycles. The van der Waals surface area contributed by atoms with Crippen LogP contribution in [0.2, 0.25) is 5.02 Å². The molecule has 0 fully saturated rings. The van der Waals surface area contributed by atoms with E-state index in [-0.39, 0.29) is 4.90 Å². The summed E-state index contributed by atoms with van der Waals surface area (Å²) in [6.07, 6.45) is 5.00. The fourth-order valence-electron chi connectivity index (χ4n) is 0.834. The Labute approximate surface area is 88.3 Å². The highest BCUT2D eigenvalue weighted by Gasteiger charge is 2.17. The van der Waals surface area contributed by atoms with Crippen LogP contribution in [0.1, 0.15) is 0 Å². The molecular weight excluding hydrogens is 222 g/mol. The molecule has 1 rings (SSSR count). The first-order valence-corrected chi connectivity index (χ1v) is 5.51. The number of halogens is 1. The third-order valence-corrected chi connectivity index (χ3v) is 3.60. The van der Waals surface area contributed by atoms with Crippen molar-refractivity contribution >= 4 is 21.6 Å². The molecule has 0 bridgehead atoms. The molecule has 1 aromatic rings. The molecule has 0 radical (unpaired) electrons. The van der Waals surface area contributed by atoms with Gasteiger partial charge in [-0.05, 0) is 24.3 Å². The Bertz CT molecular complexity index is 459. The first-order valence-electron chi connectivity index (χ1n) is 3.69. The molecule has 0 aliphatic carbocycles. The predicted molar refractivity (Wildman–Crippen MR) is 55.2 cm³/mol. The lowest BCUT2D eigenvalue weighted by Crippen LogP contribution is -2.21. The van der Waals surface area contributed by atoms with Crippen molar-refractivity contribution in [1.29, 1.82) is 0 Å². The average molecular weight is 230 g/mol. The zero-order valence-electron chi connectivity index (χ0n) is 7.44. The normalized spacial score (nSPS) is 10.6. The molecule has 0 saturated carbocycles. The van der Waals surface area contributed by atoms with Gasteiger partial charge in [-0.1, -0.05) is 18.0 Å². The highest BCUT2D eigenvalue weighted by atomic mass is 35.5. The second kappa shape index (κ2) is 3.91. The number of benzene rings is 1. The molecule has 1 aromatic carbocycles. The molecule has 74 valence electrons. The van der Waals surface area contributed by atoms with Crippen LogP contribution in [0.5, 0.6) is 0 Å². The Morgan fingerprint density at radius 1 is 1.36 bits per heavy atom. The minimum Gasteiger partial charge on any atom is -0.228 e. The number of hydrogen-bond donors (Lipinski definition) is 0. The Balaban J connectivity index is 3.19. The minimum atomic E-state index is -3.57. The van der Waals surface area contributed by atoms with E-state index in [0.717, 1.165) is 4.31 Å². The van der Waals surface area contributed by atoms with Gasteiger partial charge in [-0.3, -0.25) is 0 Å². The lowest BCUT2D eigenvalue weighted by molar-refractivity contribution is 0.547. The van der Waals surface area contributed by atoms with Gasteiger partial charge in [-0.25, -0.2) is 12.7 Å². The van der Waals surface area contributed by atoms with Crippen molar-refractivity contribution in [3.8, 4) is 12.5 Å². The quantitative estimate of drug-likeness (QED) is 0.570. The zero-order chi connectivity index (χ0) is 10.8. The average Bonchev–Trinajstić information content (AvgIpc) is 2.17. The summed E-state index contributed by atoms with van der Waals surface area (Å²) >= 11 is 5.63. The van der Waals surface area contributed by atoms with Crippen molar-refractivity contribution in [3.63, 3.8) is 0 Å². The third kappa shape index (κ3) is 2.00. The van der Waals surface area contributed by atoms with Crippen molar-refractivity contribution in [3.05, 3.63) is 29.3 Å². The van der Waals surface area contributed by atoms with Crippen molar-refractivity contribution < 1.29 is 8.42 Å². The Morgan fingerprint density at radius 3 is 2.29 bits per heavy atom. The first kappa shape index (κ1) is 10.9. The predicted octanol–water partition coefficient (Wildman–Crippen LogP) is 1.55. The lowest BCUT2D eigenvalue weighted by atomic mass is 10.4. The monoisotopic (exact) mass is 229 g/mol. The Kier molecular flexibility index (Phi) is 3.04. The first-order chi connectivity index (χ1) is 6.48. The van der Waals surface area contributed by atoms with Gasteiger partial charge in [0.15, 0.2) is 0 Å². The largest absolute Gasteiger partial charge is 0.270 e. The number of rotatable bonds is 2. The molecule has 0 N–H and O–H groups in total. The second-order valence-electron chi connectivity index (χ2n) is 2.56. The van der Waals surface area contributed by atoms with E-state index in [2.05, 4.69) is 0 Å². The summed E-state index contributed by atoms with van der Waals surface area (Å²) in [6.45, 7) is 0. The highest BCUT2D eigenvalue weighted by Crippen LogP contribution is 2.16. The topological polar surface area (TPSA) is 37.4 Å². The maximum Gasteiger partial charge on any atom is 0.270 e. The molecule has 0 aliphatic rings. The van der Waals surface area contributed by atoms with E-state index in [1.54, 1.807) is 0 Å². The Hall–Kier alpha value is -1.18. The SMILES string of the molecule is C#CN(C)S(=O)(=O)c1ccc(Cl)cc1. The summed E-state index contributed by atoms with van der Waals surface area (Å²) in [5.41, 5.74) is 0. The summed E-state index contributed by atoms with van der Waals surface area (Å²) in [5.74, 6) is 0. The van der Waals surface area contributed by atoms with Crippen LogP contribution < -0.4 is 0 Å². The molecule has 14 heavy (non-hydrogen) atoms. The highest BCUT2D eigenvalue weighted by molar-refractivity contribution is 7.89. The fraction of sp³-hybridized carbons (Fsp3) is 0.111. The van der Waals surface area contributed by atoms with E-state index in [0.29, 0.717) is 5.02 Å². The number of sulfonamides is 1. The van der Waals surface area contributed by atoms with Gasteiger partial charge in [0.25, 0.3) is 10.0 Å². The smallest absolute Gasteiger partial charge is 0.228 e. The van der Waals surface area contributed by atoms with Gasteiger partial charge in [0, 0.05) is 18.1 Å². The van der Waals surface area contributed by atoms with E-state index < -0.39 is 10.0 Å². The second-order valence-corrected chi connectivity index (χ2v) is 4.96. The third-order valence-electron chi connectivity index (χ3n) is 1.65. The van der Waals surface area contributed by atoms with Gasteiger partial charge in [-0.2, -0.15) is 0 Å². The maximum absolute atomic E-state index is 11.6. The van der Waals surface area contributed by atoms with Crippen molar-refractivity contribution in [2.45, 2.75) is 4.90 Å². The standard InChI is InChI=1S/C9H8ClNO2S/c1-3-11(2)14(12,13)9-6-4-8(10)5-7-9/h1,4-7H,2H3. The van der Waals surface area contributed by atoms with Crippen molar-refractivity contribution in [2.24, 2.45) is 0 Å². The van der Waals surface area contributed by atoms with E-state index in [1.165, 1.54) is 31.3 Å². The van der Waals surface area contributed by atoms with Gasteiger partial charge in [0.05, 0.1) is 4.90 Å². The van der Waals surface area contributed by atoms with Gasteiger partial charge >= 0.3 is 0 Å². The van der Waals surface area contributed by atoms with Crippen LogP contribution >= 0.6 is 11.6 Å². The molecule has 0 saturated heterocycles. The van der Waals surface area contributed by atoms with Crippen LogP contribution in [-0.2, 0) is 10.0 Å². The van der Waals surface area contributed by atoms with Crippen LogP contribution in [0, 0.1) is 12.5 Å². The molecule has 0 aromatic heterocycles. The number of nitrogens with zero attached hydrogens (tertiary/aromatic N) is 1. The molecule has 0 spiro atoms. The van der Waals surface area contributed by atoms with Crippen LogP contribution in [0.15, 0.2) is 29.2 Å².